The summed E-state index contributed by atoms with van der Waals surface area (Å²) in [6, 6.07) is 8.22. The van der Waals surface area contributed by atoms with Gasteiger partial charge in [-0.05, 0) is 23.1 Å². The number of rotatable bonds is 3. The Morgan fingerprint density at radius 3 is 2.86 bits per heavy atom. The Hall–Kier alpha value is -1.32. The number of benzene rings is 1. The molecule has 2 aromatic rings. The summed E-state index contributed by atoms with van der Waals surface area (Å²) in [5.74, 6) is 0. The topological polar surface area (TPSA) is 51.2 Å². The number of fused-ring (bicyclic) bond motifs is 1. The van der Waals surface area contributed by atoms with Gasteiger partial charge in [0, 0.05) is 24.8 Å². The third-order valence-corrected chi connectivity index (χ3v) is 2.41. The van der Waals surface area contributed by atoms with Crippen molar-refractivity contribution >= 4 is 10.9 Å². The summed E-state index contributed by atoms with van der Waals surface area (Å²) < 4.78 is 2.04. The second-order valence-electron chi connectivity index (χ2n) is 3.33. The fourth-order valence-electron chi connectivity index (χ4n) is 1.66. The van der Waals surface area contributed by atoms with Crippen molar-refractivity contribution in [3.05, 3.63) is 36.0 Å². The van der Waals surface area contributed by atoms with Crippen molar-refractivity contribution in [1.29, 1.82) is 0 Å². The fourth-order valence-corrected chi connectivity index (χ4v) is 1.66. The minimum Gasteiger partial charge on any atom is -0.395 e. The zero-order valence-corrected chi connectivity index (χ0v) is 7.98. The number of hydrogen-bond acceptors (Lipinski definition) is 2. The summed E-state index contributed by atoms with van der Waals surface area (Å²) in [6.07, 6.45) is 1.99. The van der Waals surface area contributed by atoms with Gasteiger partial charge in [-0.25, -0.2) is 0 Å². The van der Waals surface area contributed by atoms with Crippen LogP contribution in [0.4, 0.5) is 0 Å². The van der Waals surface area contributed by atoms with E-state index in [2.05, 4.69) is 12.1 Å². The van der Waals surface area contributed by atoms with Crippen LogP contribution in [-0.4, -0.2) is 16.3 Å². The molecule has 0 bridgehead atoms. The van der Waals surface area contributed by atoms with Gasteiger partial charge in [0.15, 0.2) is 0 Å². The van der Waals surface area contributed by atoms with Crippen LogP contribution in [0.2, 0.25) is 0 Å². The van der Waals surface area contributed by atoms with Gasteiger partial charge >= 0.3 is 0 Å². The van der Waals surface area contributed by atoms with E-state index < -0.39 is 0 Å². The minimum absolute atomic E-state index is 0.163. The van der Waals surface area contributed by atoms with Gasteiger partial charge in [-0.15, -0.1) is 0 Å². The predicted octanol–water partition coefficient (Wildman–Crippen LogP) is 1.09. The van der Waals surface area contributed by atoms with E-state index in [1.807, 2.05) is 22.9 Å². The molecular weight excluding hydrogens is 176 g/mol. The molecule has 14 heavy (non-hydrogen) atoms. The second-order valence-corrected chi connectivity index (χ2v) is 3.33. The first kappa shape index (κ1) is 9.24. The Balaban J connectivity index is 2.52. The molecule has 0 aliphatic heterocycles. The fraction of sp³-hybridized carbons (Fsp3) is 0.273. The van der Waals surface area contributed by atoms with E-state index in [9.17, 15) is 0 Å². The molecule has 74 valence electrons. The zero-order chi connectivity index (χ0) is 9.97. The number of aliphatic hydroxyl groups excluding tert-OH is 1. The molecule has 0 atom stereocenters. The summed E-state index contributed by atoms with van der Waals surface area (Å²) in [7, 11) is 0. The van der Waals surface area contributed by atoms with Crippen LogP contribution >= 0.6 is 0 Å². The molecule has 0 fully saturated rings. The van der Waals surface area contributed by atoms with Gasteiger partial charge in [0.2, 0.25) is 0 Å². The summed E-state index contributed by atoms with van der Waals surface area (Å²) >= 11 is 0. The monoisotopic (exact) mass is 190 g/mol. The van der Waals surface area contributed by atoms with Crippen LogP contribution in [0.5, 0.6) is 0 Å². The van der Waals surface area contributed by atoms with E-state index >= 15 is 0 Å². The van der Waals surface area contributed by atoms with Crippen molar-refractivity contribution in [2.24, 2.45) is 5.73 Å². The Bertz CT molecular complexity index is 434. The molecular formula is C11H14N2O. The van der Waals surface area contributed by atoms with Crippen LogP contribution in [-0.2, 0) is 13.1 Å². The molecule has 0 aliphatic carbocycles. The van der Waals surface area contributed by atoms with Crippen LogP contribution in [0.3, 0.4) is 0 Å². The van der Waals surface area contributed by atoms with Crippen LogP contribution in [0.25, 0.3) is 10.9 Å². The van der Waals surface area contributed by atoms with Crippen LogP contribution < -0.4 is 5.73 Å². The van der Waals surface area contributed by atoms with Gasteiger partial charge < -0.3 is 15.4 Å². The number of nitrogens with two attached hydrogens (primary N) is 1. The Morgan fingerprint density at radius 1 is 1.29 bits per heavy atom. The Labute approximate surface area is 82.8 Å². The van der Waals surface area contributed by atoms with Gasteiger partial charge in [-0.3, -0.25) is 0 Å². The summed E-state index contributed by atoms with van der Waals surface area (Å²) in [6.45, 7) is 1.36. The first-order chi connectivity index (χ1) is 6.85. The molecule has 0 amide bonds. The van der Waals surface area contributed by atoms with E-state index in [0.717, 1.165) is 11.1 Å². The average Bonchev–Trinajstić information content (AvgIpc) is 2.61. The van der Waals surface area contributed by atoms with Gasteiger partial charge in [0.25, 0.3) is 0 Å². The molecule has 1 heterocycles. The third-order valence-electron chi connectivity index (χ3n) is 2.41. The van der Waals surface area contributed by atoms with Crippen LogP contribution in [0, 0.1) is 0 Å². The molecule has 0 saturated carbocycles. The lowest BCUT2D eigenvalue weighted by atomic mass is 10.2. The number of aromatic nitrogens is 1. The lowest BCUT2D eigenvalue weighted by Crippen LogP contribution is -2.01. The maximum atomic E-state index is 8.88. The minimum atomic E-state index is 0.163. The maximum absolute atomic E-state index is 8.88. The van der Waals surface area contributed by atoms with E-state index in [4.69, 9.17) is 10.8 Å². The third kappa shape index (κ3) is 1.52. The molecule has 3 heteroatoms. The van der Waals surface area contributed by atoms with Gasteiger partial charge in [0.05, 0.1) is 6.61 Å². The maximum Gasteiger partial charge on any atom is 0.0610 e. The average molecular weight is 190 g/mol. The Kier molecular flexibility index (Phi) is 2.52. The molecule has 0 unspecified atom stereocenters. The smallest absolute Gasteiger partial charge is 0.0610 e. The highest BCUT2D eigenvalue weighted by Crippen LogP contribution is 2.17. The van der Waals surface area contributed by atoms with Gasteiger partial charge in [0.1, 0.15) is 0 Å². The molecule has 0 saturated heterocycles. The standard InChI is InChI=1S/C11H14N2O/c12-8-9-1-2-10-3-4-13(5-6-14)11(10)7-9/h1-4,7,14H,5-6,8,12H2. The predicted molar refractivity (Wildman–Crippen MR) is 56.9 cm³/mol. The van der Waals surface area contributed by atoms with E-state index in [1.165, 1.54) is 5.39 Å². The lowest BCUT2D eigenvalue weighted by molar-refractivity contribution is 0.278. The molecule has 0 spiro atoms. The summed E-state index contributed by atoms with van der Waals surface area (Å²) in [4.78, 5) is 0. The van der Waals surface area contributed by atoms with Gasteiger partial charge in [-0.1, -0.05) is 12.1 Å². The molecule has 2 rings (SSSR count). The first-order valence-corrected chi connectivity index (χ1v) is 4.74. The number of nitrogens with zero attached hydrogens (tertiary/aromatic N) is 1. The van der Waals surface area contributed by atoms with Crippen molar-refractivity contribution in [3.8, 4) is 0 Å². The molecule has 0 radical (unpaired) electrons. The molecule has 1 aromatic carbocycles. The first-order valence-electron chi connectivity index (χ1n) is 4.74. The number of aliphatic hydroxyl groups is 1. The highest BCUT2D eigenvalue weighted by molar-refractivity contribution is 5.80. The van der Waals surface area contributed by atoms with Crippen molar-refractivity contribution < 1.29 is 5.11 Å². The zero-order valence-electron chi connectivity index (χ0n) is 7.98. The van der Waals surface area contributed by atoms with E-state index in [1.54, 1.807) is 0 Å². The van der Waals surface area contributed by atoms with Crippen molar-refractivity contribution in [1.82, 2.24) is 4.57 Å². The molecule has 1 aromatic heterocycles. The number of hydrogen-bond donors (Lipinski definition) is 2. The summed E-state index contributed by atoms with van der Waals surface area (Å²) in [5.41, 5.74) is 7.84. The van der Waals surface area contributed by atoms with Crippen LogP contribution in [0.1, 0.15) is 5.56 Å². The SMILES string of the molecule is NCc1ccc2ccn(CCO)c2c1. The lowest BCUT2D eigenvalue weighted by Gasteiger charge is -2.03. The normalized spacial score (nSPS) is 11.0. The van der Waals surface area contributed by atoms with Crippen molar-refractivity contribution in [3.63, 3.8) is 0 Å². The highest BCUT2D eigenvalue weighted by atomic mass is 16.3. The van der Waals surface area contributed by atoms with Crippen molar-refractivity contribution in [2.45, 2.75) is 13.1 Å². The molecule has 0 aliphatic rings. The second kappa shape index (κ2) is 3.82. The van der Waals surface area contributed by atoms with E-state index in [-0.39, 0.29) is 6.61 Å². The van der Waals surface area contributed by atoms with Crippen molar-refractivity contribution in [2.75, 3.05) is 6.61 Å². The van der Waals surface area contributed by atoms with Crippen LogP contribution in [0.15, 0.2) is 30.5 Å². The largest absolute Gasteiger partial charge is 0.395 e. The Morgan fingerprint density at radius 2 is 2.14 bits per heavy atom. The molecule has 3 N–H and O–H groups in total. The van der Waals surface area contributed by atoms with E-state index in [0.29, 0.717) is 13.1 Å². The van der Waals surface area contributed by atoms with Gasteiger partial charge in [-0.2, -0.15) is 0 Å². The summed E-state index contributed by atoms with van der Waals surface area (Å²) in [5, 5.41) is 10.1. The molecule has 3 nitrogen and oxygen atoms in total. The quantitative estimate of drug-likeness (QED) is 0.761. The highest BCUT2D eigenvalue weighted by Gasteiger charge is 2.00.